The topological polar surface area (TPSA) is 59.8 Å². The molecule has 0 atom stereocenters. The highest BCUT2D eigenvalue weighted by atomic mass is 16.2. The number of carbonyl (C=O) groups excluding carboxylic acids is 1. The van der Waals surface area contributed by atoms with Crippen molar-refractivity contribution in [3.05, 3.63) is 60.6 Å². The first kappa shape index (κ1) is 12.8. The highest BCUT2D eigenvalue weighted by Gasteiger charge is 2.27. The summed E-state index contributed by atoms with van der Waals surface area (Å²) in [6.07, 6.45) is 3.48. The van der Waals surface area contributed by atoms with E-state index in [1.54, 1.807) is 17.1 Å². The van der Waals surface area contributed by atoms with Gasteiger partial charge in [0.15, 0.2) is 0 Å². The molecule has 0 aliphatic carbocycles. The van der Waals surface area contributed by atoms with E-state index in [2.05, 4.69) is 15.4 Å². The minimum Gasteiger partial charge on any atom is -0.349 e. The standard InChI is InChI=1S/C17H14N4O/c22-17-16-14(12-4-2-1-3-5-12)15(13-6-8-18-9-7-13)20-21(16)11-10-19-17/h1-9H,10-11H2,(H,19,22). The molecule has 0 unspecified atom stereocenters. The van der Waals surface area contributed by atoms with Gasteiger partial charge < -0.3 is 5.32 Å². The second kappa shape index (κ2) is 5.11. The monoisotopic (exact) mass is 290 g/mol. The van der Waals surface area contributed by atoms with E-state index in [-0.39, 0.29) is 5.91 Å². The zero-order valence-corrected chi connectivity index (χ0v) is 11.9. The molecule has 1 aromatic carbocycles. The molecule has 0 bridgehead atoms. The number of carbonyl (C=O) groups is 1. The van der Waals surface area contributed by atoms with Gasteiger partial charge in [0.2, 0.25) is 0 Å². The lowest BCUT2D eigenvalue weighted by Gasteiger charge is -2.15. The maximum Gasteiger partial charge on any atom is 0.270 e. The average molecular weight is 290 g/mol. The van der Waals surface area contributed by atoms with Gasteiger partial charge in [-0.2, -0.15) is 5.10 Å². The van der Waals surface area contributed by atoms with Crippen molar-refractivity contribution in [1.29, 1.82) is 0 Å². The summed E-state index contributed by atoms with van der Waals surface area (Å²) in [6, 6.07) is 13.7. The van der Waals surface area contributed by atoms with Gasteiger partial charge in [0, 0.05) is 30.1 Å². The summed E-state index contributed by atoms with van der Waals surface area (Å²) >= 11 is 0. The van der Waals surface area contributed by atoms with Crippen molar-refractivity contribution in [3.8, 4) is 22.4 Å². The van der Waals surface area contributed by atoms with Gasteiger partial charge in [-0.15, -0.1) is 0 Å². The quantitative estimate of drug-likeness (QED) is 0.788. The highest BCUT2D eigenvalue weighted by Crippen LogP contribution is 2.34. The van der Waals surface area contributed by atoms with Crippen LogP contribution in [0.25, 0.3) is 22.4 Å². The van der Waals surface area contributed by atoms with E-state index in [1.807, 2.05) is 42.5 Å². The molecule has 0 saturated carbocycles. The van der Waals surface area contributed by atoms with Crippen LogP contribution in [0.1, 0.15) is 10.5 Å². The van der Waals surface area contributed by atoms with Gasteiger partial charge in [-0.05, 0) is 17.7 Å². The van der Waals surface area contributed by atoms with E-state index in [0.717, 1.165) is 22.4 Å². The van der Waals surface area contributed by atoms with Crippen LogP contribution < -0.4 is 5.32 Å². The Bertz CT molecular complexity index is 825. The molecule has 1 N–H and O–H groups in total. The van der Waals surface area contributed by atoms with E-state index in [1.165, 1.54) is 0 Å². The molecule has 108 valence electrons. The molecule has 3 heterocycles. The van der Waals surface area contributed by atoms with Crippen LogP contribution in [-0.2, 0) is 6.54 Å². The van der Waals surface area contributed by atoms with Crippen LogP contribution in [0.2, 0.25) is 0 Å². The van der Waals surface area contributed by atoms with E-state index >= 15 is 0 Å². The molecule has 1 aliphatic rings. The van der Waals surface area contributed by atoms with Gasteiger partial charge in [0.05, 0.1) is 6.54 Å². The molecule has 0 saturated heterocycles. The molecule has 2 aromatic heterocycles. The lowest BCUT2D eigenvalue weighted by atomic mass is 9.99. The number of amides is 1. The van der Waals surface area contributed by atoms with Gasteiger partial charge in [-0.25, -0.2) is 0 Å². The number of benzene rings is 1. The van der Waals surface area contributed by atoms with Crippen molar-refractivity contribution < 1.29 is 4.79 Å². The molecular formula is C17H14N4O. The molecule has 5 nitrogen and oxygen atoms in total. The molecule has 1 amide bonds. The zero-order valence-electron chi connectivity index (χ0n) is 11.9. The van der Waals surface area contributed by atoms with Gasteiger partial charge in [-0.1, -0.05) is 30.3 Å². The summed E-state index contributed by atoms with van der Waals surface area (Å²) < 4.78 is 1.80. The van der Waals surface area contributed by atoms with Crippen LogP contribution in [-0.4, -0.2) is 27.2 Å². The summed E-state index contributed by atoms with van der Waals surface area (Å²) in [5.41, 5.74) is 4.28. The second-order valence-electron chi connectivity index (χ2n) is 5.15. The normalized spacial score (nSPS) is 13.5. The summed E-state index contributed by atoms with van der Waals surface area (Å²) in [6.45, 7) is 1.30. The number of nitrogens with one attached hydrogen (secondary N) is 1. The Labute approximate surface area is 127 Å². The largest absolute Gasteiger partial charge is 0.349 e. The predicted octanol–water partition coefficient (Wildman–Crippen LogP) is 2.36. The van der Waals surface area contributed by atoms with Crippen LogP contribution in [0.15, 0.2) is 54.9 Å². The Morgan fingerprint density at radius 3 is 2.55 bits per heavy atom. The molecule has 22 heavy (non-hydrogen) atoms. The Morgan fingerprint density at radius 1 is 1.00 bits per heavy atom. The Kier molecular flexibility index (Phi) is 2.96. The summed E-state index contributed by atoms with van der Waals surface area (Å²) in [5.74, 6) is -0.0714. The fraction of sp³-hybridized carbons (Fsp3) is 0.118. The second-order valence-corrected chi connectivity index (χ2v) is 5.15. The van der Waals surface area contributed by atoms with Gasteiger partial charge in [-0.3, -0.25) is 14.5 Å². The molecule has 5 heteroatoms. The van der Waals surface area contributed by atoms with Crippen molar-refractivity contribution >= 4 is 5.91 Å². The minimum absolute atomic E-state index is 0.0714. The van der Waals surface area contributed by atoms with Crippen molar-refractivity contribution in [1.82, 2.24) is 20.1 Å². The number of rotatable bonds is 2. The first-order valence-electron chi connectivity index (χ1n) is 7.19. The average Bonchev–Trinajstić information content (AvgIpc) is 2.97. The first-order chi connectivity index (χ1) is 10.8. The highest BCUT2D eigenvalue weighted by molar-refractivity contribution is 6.03. The fourth-order valence-corrected chi connectivity index (χ4v) is 2.80. The number of hydrogen-bond acceptors (Lipinski definition) is 3. The maximum atomic E-state index is 12.3. The number of nitrogens with zero attached hydrogens (tertiary/aromatic N) is 3. The van der Waals surface area contributed by atoms with Crippen molar-refractivity contribution in [3.63, 3.8) is 0 Å². The van der Waals surface area contributed by atoms with Crippen LogP contribution in [0.4, 0.5) is 0 Å². The number of fused-ring (bicyclic) bond motifs is 1. The number of aromatic nitrogens is 3. The summed E-state index contributed by atoms with van der Waals surface area (Å²) in [7, 11) is 0. The van der Waals surface area contributed by atoms with Gasteiger partial charge >= 0.3 is 0 Å². The first-order valence-corrected chi connectivity index (χ1v) is 7.19. The number of pyridine rings is 1. The third kappa shape index (κ3) is 1.98. The number of hydrogen-bond donors (Lipinski definition) is 1. The van der Waals surface area contributed by atoms with E-state index in [4.69, 9.17) is 0 Å². The van der Waals surface area contributed by atoms with Crippen LogP contribution in [0.3, 0.4) is 0 Å². The van der Waals surface area contributed by atoms with Gasteiger partial charge in [0.25, 0.3) is 5.91 Å². The lowest BCUT2D eigenvalue weighted by Crippen LogP contribution is -2.35. The van der Waals surface area contributed by atoms with Gasteiger partial charge in [0.1, 0.15) is 11.4 Å². The van der Waals surface area contributed by atoms with Crippen LogP contribution in [0, 0.1) is 0 Å². The van der Waals surface area contributed by atoms with Crippen molar-refractivity contribution in [2.45, 2.75) is 6.54 Å². The van der Waals surface area contributed by atoms with E-state index in [9.17, 15) is 4.79 Å². The lowest BCUT2D eigenvalue weighted by molar-refractivity contribution is 0.0925. The van der Waals surface area contributed by atoms with Crippen LogP contribution in [0.5, 0.6) is 0 Å². The predicted molar refractivity (Wildman–Crippen MR) is 83.2 cm³/mol. The van der Waals surface area contributed by atoms with E-state index in [0.29, 0.717) is 18.8 Å². The molecule has 3 aromatic rings. The van der Waals surface area contributed by atoms with Crippen LogP contribution >= 0.6 is 0 Å². The zero-order chi connectivity index (χ0) is 14.9. The molecule has 0 radical (unpaired) electrons. The molecular weight excluding hydrogens is 276 g/mol. The SMILES string of the molecule is O=C1NCCn2nc(-c3ccncc3)c(-c3ccccc3)c21. The minimum atomic E-state index is -0.0714. The molecule has 4 rings (SSSR count). The Balaban J connectivity index is 2.01. The third-order valence-electron chi connectivity index (χ3n) is 3.79. The smallest absolute Gasteiger partial charge is 0.270 e. The fourth-order valence-electron chi connectivity index (χ4n) is 2.80. The summed E-state index contributed by atoms with van der Waals surface area (Å²) in [5, 5.41) is 7.58. The molecule has 0 fully saturated rings. The Hall–Kier alpha value is -2.95. The van der Waals surface area contributed by atoms with E-state index < -0.39 is 0 Å². The van der Waals surface area contributed by atoms with Crippen molar-refractivity contribution in [2.75, 3.05) is 6.54 Å². The maximum absolute atomic E-state index is 12.3. The summed E-state index contributed by atoms with van der Waals surface area (Å²) in [4.78, 5) is 16.4. The Morgan fingerprint density at radius 2 is 1.77 bits per heavy atom. The van der Waals surface area contributed by atoms with Crippen molar-refractivity contribution in [2.24, 2.45) is 0 Å². The third-order valence-corrected chi connectivity index (χ3v) is 3.79. The molecule has 1 aliphatic heterocycles. The molecule has 0 spiro atoms.